The first kappa shape index (κ1) is 11.9. The fourth-order valence-corrected chi connectivity index (χ4v) is 1.90. The van der Waals surface area contributed by atoms with Gasteiger partial charge < -0.3 is 10.2 Å². The van der Waals surface area contributed by atoms with Crippen LogP contribution < -0.4 is 10.2 Å². The van der Waals surface area contributed by atoms with E-state index in [0.29, 0.717) is 0 Å². The second kappa shape index (κ2) is 4.53. The molecule has 0 saturated carbocycles. The summed E-state index contributed by atoms with van der Waals surface area (Å²) in [6, 6.07) is 8.12. The highest BCUT2D eigenvalue weighted by Gasteiger charge is 2.24. The van der Waals surface area contributed by atoms with Crippen LogP contribution in [0.5, 0.6) is 0 Å². The molecule has 0 fully saturated rings. The van der Waals surface area contributed by atoms with Crippen molar-refractivity contribution in [2.75, 3.05) is 16.8 Å². The van der Waals surface area contributed by atoms with E-state index in [1.54, 1.807) is 6.92 Å². The highest BCUT2D eigenvalue weighted by molar-refractivity contribution is 5.96. The molecular weight excluding hydrogens is 212 g/mol. The number of nitrogens with zero attached hydrogens (tertiary/aromatic N) is 1. The summed E-state index contributed by atoms with van der Waals surface area (Å²) in [5.74, 6) is 0.103. The molecule has 82 valence electrons. The quantitative estimate of drug-likeness (QED) is 0.736. The molecule has 0 spiro atoms. The third kappa shape index (κ3) is 2.07. The molecule has 15 heavy (non-hydrogen) atoms. The highest BCUT2D eigenvalue weighted by Crippen LogP contribution is 2.30. The monoisotopic (exact) mass is 226 g/mol. The molecule has 3 nitrogen and oxygen atoms in total. The van der Waals surface area contributed by atoms with Crippen molar-refractivity contribution >= 4 is 29.7 Å². The van der Waals surface area contributed by atoms with Crippen LogP contribution in [0.1, 0.15) is 13.8 Å². The number of para-hydroxylation sites is 2. The SMILES string of the molecule is CC(=O)N1c2ccccc2NCC1C.Cl. The van der Waals surface area contributed by atoms with Crippen molar-refractivity contribution in [1.29, 1.82) is 0 Å². The Labute approximate surface area is 95.9 Å². The summed E-state index contributed by atoms with van der Waals surface area (Å²) in [5.41, 5.74) is 2.03. The van der Waals surface area contributed by atoms with E-state index in [1.807, 2.05) is 36.1 Å². The fraction of sp³-hybridized carbons (Fsp3) is 0.364. The molecule has 1 aromatic carbocycles. The van der Waals surface area contributed by atoms with Crippen molar-refractivity contribution in [3.8, 4) is 0 Å². The van der Waals surface area contributed by atoms with Crippen molar-refractivity contribution in [2.45, 2.75) is 19.9 Å². The second-order valence-corrected chi connectivity index (χ2v) is 3.64. The minimum absolute atomic E-state index is 0. The summed E-state index contributed by atoms with van der Waals surface area (Å²) in [6.45, 7) is 4.47. The Balaban J connectivity index is 0.00000112. The lowest BCUT2D eigenvalue weighted by atomic mass is 10.1. The number of rotatable bonds is 0. The maximum absolute atomic E-state index is 11.5. The van der Waals surface area contributed by atoms with E-state index >= 15 is 0 Å². The number of carbonyl (C=O) groups is 1. The van der Waals surface area contributed by atoms with E-state index < -0.39 is 0 Å². The topological polar surface area (TPSA) is 32.3 Å². The minimum Gasteiger partial charge on any atom is -0.381 e. The van der Waals surface area contributed by atoms with Gasteiger partial charge in [-0.1, -0.05) is 12.1 Å². The fourth-order valence-electron chi connectivity index (χ4n) is 1.90. The minimum atomic E-state index is 0. The molecule has 1 aliphatic rings. The number of anilines is 2. The van der Waals surface area contributed by atoms with Crippen LogP contribution in [0.3, 0.4) is 0 Å². The van der Waals surface area contributed by atoms with E-state index in [4.69, 9.17) is 0 Å². The van der Waals surface area contributed by atoms with Gasteiger partial charge in [0.25, 0.3) is 0 Å². The van der Waals surface area contributed by atoms with Gasteiger partial charge in [-0.3, -0.25) is 4.79 Å². The molecule has 1 aromatic rings. The summed E-state index contributed by atoms with van der Waals surface area (Å²) in [6.07, 6.45) is 0. The average Bonchev–Trinajstić information content (AvgIpc) is 2.17. The zero-order valence-corrected chi connectivity index (χ0v) is 9.67. The average molecular weight is 227 g/mol. The largest absolute Gasteiger partial charge is 0.381 e. The predicted molar refractivity (Wildman–Crippen MR) is 64.8 cm³/mol. The Bertz CT molecular complexity index is 367. The number of hydrogen-bond donors (Lipinski definition) is 1. The summed E-state index contributed by atoms with van der Waals surface area (Å²) in [5, 5.41) is 3.30. The van der Waals surface area contributed by atoms with Gasteiger partial charge in [-0.15, -0.1) is 12.4 Å². The number of halogens is 1. The molecule has 4 heteroatoms. The van der Waals surface area contributed by atoms with E-state index in [2.05, 4.69) is 5.32 Å². The van der Waals surface area contributed by atoms with E-state index in [9.17, 15) is 4.79 Å². The van der Waals surface area contributed by atoms with Gasteiger partial charge in [-0.05, 0) is 19.1 Å². The standard InChI is InChI=1S/C11H14N2O.ClH/c1-8-7-12-10-5-3-4-6-11(10)13(8)9(2)14;/h3-6,8,12H,7H2,1-2H3;1H. The van der Waals surface area contributed by atoms with Crippen LogP contribution in [0, 0.1) is 0 Å². The molecular formula is C11H15ClN2O. The van der Waals surface area contributed by atoms with Crippen LogP contribution in [0.15, 0.2) is 24.3 Å². The Morgan fingerprint density at radius 1 is 1.47 bits per heavy atom. The molecule has 2 rings (SSSR count). The lowest BCUT2D eigenvalue weighted by Gasteiger charge is -2.35. The first-order valence-corrected chi connectivity index (χ1v) is 4.83. The molecule has 1 unspecified atom stereocenters. The number of hydrogen-bond acceptors (Lipinski definition) is 2. The summed E-state index contributed by atoms with van der Waals surface area (Å²) in [4.78, 5) is 13.3. The van der Waals surface area contributed by atoms with Gasteiger partial charge in [0.05, 0.1) is 17.4 Å². The zero-order chi connectivity index (χ0) is 10.1. The number of amides is 1. The van der Waals surface area contributed by atoms with Gasteiger partial charge in [0.15, 0.2) is 0 Å². The van der Waals surface area contributed by atoms with Crippen molar-refractivity contribution in [2.24, 2.45) is 0 Å². The Morgan fingerprint density at radius 3 is 2.80 bits per heavy atom. The summed E-state index contributed by atoms with van der Waals surface area (Å²) < 4.78 is 0. The molecule has 0 aromatic heterocycles. The molecule has 0 bridgehead atoms. The zero-order valence-electron chi connectivity index (χ0n) is 8.86. The molecule has 1 amide bonds. The second-order valence-electron chi connectivity index (χ2n) is 3.64. The number of benzene rings is 1. The van der Waals surface area contributed by atoms with Crippen molar-refractivity contribution in [3.05, 3.63) is 24.3 Å². The molecule has 0 radical (unpaired) electrons. The number of nitrogens with one attached hydrogen (secondary N) is 1. The van der Waals surface area contributed by atoms with Crippen molar-refractivity contribution < 1.29 is 4.79 Å². The normalized spacial score (nSPS) is 18.5. The van der Waals surface area contributed by atoms with E-state index in [-0.39, 0.29) is 24.4 Å². The van der Waals surface area contributed by atoms with Crippen LogP contribution in [0.4, 0.5) is 11.4 Å². The first-order valence-electron chi connectivity index (χ1n) is 4.83. The lowest BCUT2D eigenvalue weighted by Crippen LogP contribution is -2.44. The third-order valence-corrected chi connectivity index (χ3v) is 2.53. The van der Waals surface area contributed by atoms with E-state index in [1.165, 1.54) is 0 Å². The van der Waals surface area contributed by atoms with Crippen LogP contribution in [0.2, 0.25) is 0 Å². The van der Waals surface area contributed by atoms with Gasteiger partial charge >= 0.3 is 0 Å². The van der Waals surface area contributed by atoms with Gasteiger partial charge in [0, 0.05) is 13.5 Å². The van der Waals surface area contributed by atoms with Crippen LogP contribution in [0.25, 0.3) is 0 Å². The van der Waals surface area contributed by atoms with Crippen molar-refractivity contribution in [1.82, 2.24) is 0 Å². The first-order chi connectivity index (χ1) is 6.70. The Hall–Kier alpha value is -1.22. The Kier molecular flexibility index (Phi) is 3.58. The number of carbonyl (C=O) groups excluding carboxylic acids is 1. The number of fused-ring (bicyclic) bond motifs is 1. The Morgan fingerprint density at radius 2 is 2.13 bits per heavy atom. The highest BCUT2D eigenvalue weighted by atomic mass is 35.5. The van der Waals surface area contributed by atoms with Gasteiger partial charge in [-0.25, -0.2) is 0 Å². The van der Waals surface area contributed by atoms with Crippen LogP contribution >= 0.6 is 12.4 Å². The smallest absolute Gasteiger partial charge is 0.224 e. The molecule has 1 aliphatic heterocycles. The predicted octanol–water partition coefficient (Wildman–Crippen LogP) is 2.28. The summed E-state index contributed by atoms with van der Waals surface area (Å²) >= 11 is 0. The van der Waals surface area contributed by atoms with Gasteiger partial charge in [0.2, 0.25) is 5.91 Å². The van der Waals surface area contributed by atoms with Gasteiger partial charge in [-0.2, -0.15) is 0 Å². The van der Waals surface area contributed by atoms with Crippen LogP contribution in [-0.2, 0) is 4.79 Å². The summed E-state index contributed by atoms with van der Waals surface area (Å²) in [7, 11) is 0. The maximum Gasteiger partial charge on any atom is 0.224 e. The van der Waals surface area contributed by atoms with Crippen molar-refractivity contribution in [3.63, 3.8) is 0 Å². The molecule has 1 heterocycles. The molecule has 1 N–H and O–H groups in total. The van der Waals surface area contributed by atoms with Gasteiger partial charge in [0.1, 0.15) is 0 Å². The molecule has 0 aliphatic carbocycles. The maximum atomic E-state index is 11.5. The molecule has 0 saturated heterocycles. The van der Waals surface area contributed by atoms with Crippen LogP contribution in [-0.4, -0.2) is 18.5 Å². The van der Waals surface area contributed by atoms with E-state index in [0.717, 1.165) is 17.9 Å². The lowest BCUT2D eigenvalue weighted by molar-refractivity contribution is -0.116. The third-order valence-electron chi connectivity index (χ3n) is 2.53. The molecule has 1 atom stereocenters.